The van der Waals surface area contributed by atoms with Crippen LogP contribution >= 0.6 is 12.4 Å². The predicted octanol–water partition coefficient (Wildman–Crippen LogP) is 1.77. The van der Waals surface area contributed by atoms with E-state index in [9.17, 15) is 0 Å². The van der Waals surface area contributed by atoms with Gasteiger partial charge in [0.15, 0.2) is 0 Å². The van der Waals surface area contributed by atoms with Crippen LogP contribution in [0.2, 0.25) is 0 Å². The summed E-state index contributed by atoms with van der Waals surface area (Å²) >= 11 is 0. The van der Waals surface area contributed by atoms with Crippen LogP contribution in [0.4, 0.5) is 0 Å². The van der Waals surface area contributed by atoms with Crippen molar-refractivity contribution in [3.63, 3.8) is 0 Å². The maximum Gasteiger partial charge on any atom is 0 e. The van der Waals surface area contributed by atoms with Crippen LogP contribution < -0.4 is 0 Å². The molecule has 0 spiro atoms. The Morgan fingerprint density at radius 1 is 0.889 bits per heavy atom. The summed E-state index contributed by atoms with van der Waals surface area (Å²) in [5.74, 6) is 0. The second kappa shape index (κ2) is 12.1. The van der Waals surface area contributed by atoms with E-state index in [2.05, 4.69) is 25.7 Å². The average Bonchev–Trinajstić information content (AvgIpc) is 1.72. The first-order valence-corrected chi connectivity index (χ1v) is 3.07. The van der Waals surface area contributed by atoms with Crippen LogP contribution in [0.15, 0.2) is 0 Å². The molecule has 0 aromatic heterocycles. The van der Waals surface area contributed by atoms with Crippen molar-refractivity contribution in [2.45, 2.75) is 20.8 Å². The first-order chi connectivity index (χ1) is 3.35. The summed E-state index contributed by atoms with van der Waals surface area (Å²) in [6.07, 6.45) is 0. The smallest absolute Gasteiger partial charge is 0 e. The minimum atomic E-state index is 0. The number of hydrogen-bond donors (Lipinski definition) is 0. The fourth-order valence-corrected chi connectivity index (χ4v) is 0.671. The van der Waals surface area contributed by atoms with Gasteiger partial charge in [0.25, 0.3) is 0 Å². The van der Waals surface area contributed by atoms with Crippen LogP contribution in [0.25, 0.3) is 0 Å². The zero-order chi connectivity index (χ0) is 5.70. The average molecular weight is 227 g/mol. The standard InChI is InChI=1S/C6H15N.ClH.Y/c1-4-7(5-2)6-3;;/h4-6H2,1-3H3;1H;. The Kier molecular flexibility index (Phi) is 22.5. The maximum absolute atomic E-state index is 2.38. The molecule has 0 amide bonds. The van der Waals surface area contributed by atoms with Crippen molar-refractivity contribution in [3.8, 4) is 0 Å². The third kappa shape index (κ3) is 9.35. The fraction of sp³-hybridized carbons (Fsp3) is 1.00. The van der Waals surface area contributed by atoms with E-state index in [1.165, 1.54) is 19.6 Å². The van der Waals surface area contributed by atoms with Crippen LogP contribution in [-0.2, 0) is 32.7 Å². The van der Waals surface area contributed by atoms with E-state index in [-0.39, 0.29) is 45.1 Å². The van der Waals surface area contributed by atoms with Gasteiger partial charge >= 0.3 is 0 Å². The molecule has 0 rings (SSSR count). The minimum Gasteiger partial charge on any atom is -0.304 e. The summed E-state index contributed by atoms with van der Waals surface area (Å²) < 4.78 is 0. The number of hydrogen-bond acceptors (Lipinski definition) is 1. The quantitative estimate of drug-likeness (QED) is 0.709. The monoisotopic (exact) mass is 226 g/mol. The summed E-state index contributed by atoms with van der Waals surface area (Å²) in [6.45, 7) is 10.1. The van der Waals surface area contributed by atoms with Crippen LogP contribution in [0, 0.1) is 0 Å². The van der Waals surface area contributed by atoms with Gasteiger partial charge in [-0.2, -0.15) is 0 Å². The van der Waals surface area contributed by atoms with Crippen LogP contribution in [0.5, 0.6) is 0 Å². The van der Waals surface area contributed by atoms with Crippen molar-refractivity contribution in [2.75, 3.05) is 19.6 Å². The van der Waals surface area contributed by atoms with E-state index < -0.39 is 0 Å². The molecular formula is C6H16ClNY. The van der Waals surface area contributed by atoms with E-state index in [1.54, 1.807) is 0 Å². The Morgan fingerprint density at radius 3 is 1.11 bits per heavy atom. The van der Waals surface area contributed by atoms with Gasteiger partial charge in [0, 0.05) is 32.7 Å². The molecule has 55 valence electrons. The molecule has 0 saturated carbocycles. The van der Waals surface area contributed by atoms with E-state index in [0.717, 1.165) is 0 Å². The molecule has 0 atom stereocenters. The van der Waals surface area contributed by atoms with Gasteiger partial charge in [0.05, 0.1) is 0 Å². The summed E-state index contributed by atoms with van der Waals surface area (Å²) in [6, 6.07) is 0. The van der Waals surface area contributed by atoms with Crippen LogP contribution in [0.3, 0.4) is 0 Å². The Hall–Kier alpha value is 1.35. The zero-order valence-electron chi connectivity index (χ0n) is 6.55. The molecule has 0 aliphatic heterocycles. The summed E-state index contributed by atoms with van der Waals surface area (Å²) in [7, 11) is 0. The zero-order valence-corrected chi connectivity index (χ0v) is 10.2. The van der Waals surface area contributed by atoms with Crippen molar-refractivity contribution in [2.24, 2.45) is 0 Å². The molecule has 0 N–H and O–H groups in total. The Morgan fingerprint density at radius 2 is 1.11 bits per heavy atom. The molecule has 0 fully saturated rings. The van der Waals surface area contributed by atoms with Crippen molar-refractivity contribution >= 4 is 12.4 Å². The summed E-state index contributed by atoms with van der Waals surface area (Å²) in [5.41, 5.74) is 0. The van der Waals surface area contributed by atoms with Gasteiger partial charge in [-0.05, 0) is 19.6 Å². The number of nitrogens with zero attached hydrogens (tertiary/aromatic N) is 1. The second-order valence-electron chi connectivity index (χ2n) is 1.62. The molecule has 9 heavy (non-hydrogen) atoms. The van der Waals surface area contributed by atoms with E-state index in [4.69, 9.17) is 0 Å². The SMILES string of the molecule is CCN(CC)CC.Cl.[Y]. The Balaban J connectivity index is -0.000000180. The van der Waals surface area contributed by atoms with Crippen molar-refractivity contribution in [1.82, 2.24) is 4.90 Å². The van der Waals surface area contributed by atoms with Gasteiger partial charge in [0.2, 0.25) is 0 Å². The summed E-state index contributed by atoms with van der Waals surface area (Å²) in [5, 5.41) is 0. The molecule has 0 aliphatic rings. The van der Waals surface area contributed by atoms with Crippen molar-refractivity contribution in [1.29, 1.82) is 0 Å². The molecule has 0 unspecified atom stereocenters. The number of rotatable bonds is 3. The van der Waals surface area contributed by atoms with Crippen LogP contribution in [-0.4, -0.2) is 24.5 Å². The Bertz CT molecular complexity index is 34.5. The fourth-order valence-electron chi connectivity index (χ4n) is 0.671. The van der Waals surface area contributed by atoms with E-state index >= 15 is 0 Å². The Labute approximate surface area is 89.9 Å². The van der Waals surface area contributed by atoms with E-state index in [1.807, 2.05) is 0 Å². The normalized spacial score (nSPS) is 8.00. The molecular weight excluding hydrogens is 210 g/mol. The van der Waals surface area contributed by atoms with Gasteiger partial charge in [-0.25, -0.2) is 0 Å². The third-order valence-corrected chi connectivity index (χ3v) is 1.34. The molecule has 0 saturated heterocycles. The molecule has 0 heterocycles. The van der Waals surface area contributed by atoms with Gasteiger partial charge in [0.1, 0.15) is 0 Å². The van der Waals surface area contributed by atoms with E-state index in [0.29, 0.717) is 0 Å². The van der Waals surface area contributed by atoms with Crippen molar-refractivity contribution in [3.05, 3.63) is 0 Å². The molecule has 1 nitrogen and oxygen atoms in total. The van der Waals surface area contributed by atoms with Gasteiger partial charge in [-0.3, -0.25) is 0 Å². The largest absolute Gasteiger partial charge is 0.304 e. The molecule has 1 radical (unpaired) electrons. The third-order valence-electron chi connectivity index (χ3n) is 1.34. The summed E-state index contributed by atoms with van der Waals surface area (Å²) in [4.78, 5) is 2.38. The first-order valence-electron chi connectivity index (χ1n) is 3.07. The second-order valence-corrected chi connectivity index (χ2v) is 1.62. The predicted molar refractivity (Wildman–Crippen MR) is 40.7 cm³/mol. The van der Waals surface area contributed by atoms with Crippen LogP contribution in [0.1, 0.15) is 20.8 Å². The topological polar surface area (TPSA) is 3.24 Å². The number of halogens is 1. The molecule has 3 heteroatoms. The van der Waals surface area contributed by atoms with Gasteiger partial charge < -0.3 is 4.90 Å². The van der Waals surface area contributed by atoms with Gasteiger partial charge in [-0.1, -0.05) is 20.8 Å². The van der Waals surface area contributed by atoms with Crippen molar-refractivity contribution < 1.29 is 32.7 Å². The molecule has 0 aromatic carbocycles. The first kappa shape index (κ1) is 16.8. The minimum absolute atomic E-state index is 0. The molecule has 0 bridgehead atoms. The maximum atomic E-state index is 2.38. The molecule has 0 aliphatic carbocycles. The van der Waals surface area contributed by atoms with Gasteiger partial charge in [-0.15, -0.1) is 12.4 Å². The molecule has 0 aromatic rings.